The van der Waals surface area contributed by atoms with Crippen LogP contribution in [0.1, 0.15) is 5.56 Å². The van der Waals surface area contributed by atoms with Crippen LogP contribution in [0.25, 0.3) is 0 Å². The summed E-state index contributed by atoms with van der Waals surface area (Å²) >= 11 is 1.46. The molecule has 22 heavy (non-hydrogen) atoms. The normalized spacial score (nSPS) is 10.1. The number of hydrogen-bond donors (Lipinski definition) is 1. The van der Waals surface area contributed by atoms with Gasteiger partial charge in [-0.25, -0.2) is 0 Å². The number of carbonyl (C=O) groups is 1. The summed E-state index contributed by atoms with van der Waals surface area (Å²) in [6, 6.07) is 13.3. The Bertz CT molecular complexity index is 658. The quantitative estimate of drug-likeness (QED) is 0.825. The molecule has 0 aliphatic rings. The molecule has 5 heteroatoms. The molecule has 116 valence electrons. The van der Waals surface area contributed by atoms with Crippen molar-refractivity contribution in [1.82, 2.24) is 0 Å². The molecule has 0 aromatic heterocycles. The largest absolute Gasteiger partial charge is 0.497 e. The van der Waals surface area contributed by atoms with E-state index in [4.69, 9.17) is 9.47 Å². The minimum Gasteiger partial charge on any atom is -0.497 e. The van der Waals surface area contributed by atoms with Gasteiger partial charge in [0.1, 0.15) is 11.5 Å². The lowest BCUT2D eigenvalue weighted by Gasteiger charge is -2.11. The molecule has 0 aliphatic carbocycles. The number of benzene rings is 2. The summed E-state index contributed by atoms with van der Waals surface area (Å²) < 4.78 is 10.4. The summed E-state index contributed by atoms with van der Waals surface area (Å²) in [6.45, 7) is 1.97. The number of aryl methyl sites for hydroxylation is 1. The second-order valence-corrected chi connectivity index (χ2v) is 5.77. The van der Waals surface area contributed by atoms with Gasteiger partial charge in [-0.2, -0.15) is 0 Å². The molecule has 0 fully saturated rings. The van der Waals surface area contributed by atoms with Crippen LogP contribution >= 0.6 is 11.8 Å². The third kappa shape index (κ3) is 4.43. The van der Waals surface area contributed by atoms with Gasteiger partial charge in [0.15, 0.2) is 0 Å². The Hall–Kier alpha value is -2.14. The van der Waals surface area contributed by atoms with E-state index in [9.17, 15) is 4.79 Å². The molecule has 2 rings (SSSR count). The number of rotatable bonds is 6. The van der Waals surface area contributed by atoms with E-state index in [1.165, 1.54) is 11.8 Å². The van der Waals surface area contributed by atoms with Crippen molar-refractivity contribution >= 4 is 23.4 Å². The van der Waals surface area contributed by atoms with E-state index >= 15 is 0 Å². The van der Waals surface area contributed by atoms with Crippen molar-refractivity contribution in [3.05, 3.63) is 48.0 Å². The zero-order valence-corrected chi connectivity index (χ0v) is 13.7. The number of hydrogen-bond acceptors (Lipinski definition) is 4. The summed E-state index contributed by atoms with van der Waals surface area (Å²) in [4.78, 5) is 13.1. The molecular weight excluding hydrogens is 298 g/mol. The van der Waals surface area contributed by atoms with Crippen molar-refractivity contribution in [2.24, 2.45) is 0 Å². The first-order chi connectivity index (χ1) is 10.6. The number of anilines is 1. The number of carbonyl (C=O) groups excluding carboxylic acids is 1. The van der Waals surface area contributed by atoms with Crippen LogP contribution in [0.3, 0.4) is 0 Å². The summed E-state index contributed by atoms with van der Waals surface area (Å²) in [5.41, 5.74) is 1.76. The summed E-state index contributed by atoms with van der Waals surface area (Å²) in [7, 11) is 3.21. The van der Waals surface area contributed by atoms with Crippen LogP contribution in [0.2, 0.25) is 0 Å². The molecular formula is C17H19NO3S. The van der Waals surface area contributed by atoms with Crippen molar-refractivity contribution in [1.29, 1.82) is 0 Å². The maximum Gasteiger partial charge on any atom is 0.234 e. The van der Waals surface area contributed by atoms with Gasteiger partial charge in [0.25, 0.3) is 0 Å². The average Bonchev–Trinajstić information content (AvgIpc) is 2.53. The SMILES string of the molecule is COc1cccc(SCC(=O)Nc2cc(C)ccc2OC)c1. The van der Waals surface area contributed by atoms with Crippen molar-refractivity contribution in [2.45, 2.75) is 11.8 Å². The standard InChI is InChI=1S/C17H19NO3S/c1-12-7-8-16(21-3)15(9-12)18-17(19)11-22-14-6-4-5-13(10-14)20-2/h4-10H,11H2,1-3H3,(H,18,19). The number of amides is 1. The van der Waals surface area contributed by atoms with Crippen molar-refractivity contribution in [3.8, 4) is 11.5 Å². The molecule has 0 bridgehead atoms. The van der Waals surface area contributed by atoms with Crippen LogP contribution in [0.4, 0.5) is 5.69 Å². The Labute approximate surface area is 134 Å². The summed E-state index contributed by atoms with van der Waals surface area (Å²) in [5, 5.41) is 2.89. The molecule has 0 unspecified atom stereocenters. The van der Waals surface area contributed by atoms with E-state index in [0.29, 0.717) is 17.2 Å². The van der Waals surface area contributed by atoms with Gasteiger partial charge < -0.3 is 14.8 Å². The van der Waals surface area contributed by atoms with Crippen LogP contribution in [0, 0.1) is 6.92 Å². The summed E-state index contributed by atoms with van der Waals surface area (Å²) in [5.74, 6) is 1.69. The smallest absolute Gasteiger partial charge is 0.234 e. The van der Waals surface area contributed by atoms with Crippen molar-refractivity contribution < 1.29 is 14.3 Å². The second kappa shape index (κ2) is 7.75. The zero-order valence-electron chi connectivity index (χ0n) is 12.9. The van der Waals surface area contributed by atoms with E-state index in [1.807, 2.05) is 49.4 Å². The minimum atomic E-state index is -0.0725. The first kappa shape index (κ1) is 16.2. The second-order valence-electron chi connectivity index (χ2n) is 4.72. The number of thioether (sulfide) groups is 1. The van der Waals surface area contributed by atoms with Gasteiger partial charge in [-0.05, 0) is 42.8 Å². The Kier molecular flexibility index (Phi) is 5.72. The third-order valence-electron chi connectivity index (χ3n) is 3.04. The fraction of sp³-hybridized carbons (Fsp3) is 0.235. The molecule has 1 amide bonds. The van der Waals surface area contributed by atoms with Gasteiger partial charge in [-0.1, -0.05) is 12.1 Å². The highest BCUT2D eigenvalue weighted by Gasteiger charge is 2.08. The van der Waals surface area contributed by atoms with Gasteiger partial charge in [0, 0.05) is 4.90 Å². The summed E-state index contributed by atoms with van der Waals surface area (Å²) in [6.07, 6.45) is 0. The van der Waals surface area contributed by atoms with Gasteiger partial charge >= 0.3 is 0 Å². The number of methoxy groups -OCH3 is 2. The van der Waals surface area contributed by atoms with E-state index in [1.54, 1.807) is 14.2 Å². The first-order valence-corrected chi connectivity index (χ1v) is 7.82. The van der Waals surface area contributed by atoms with Gasteiger partial charge in [0.2, 0.25) is 5.91 Å². The molecule has 0 saturated carbocycles. The van der Waals surface area contributed by atoms with Crippen LogP contribution in [0.5, 0.6) is 11.5 Å². The highest BCUT2D eigenvalue weighted by Crippen LogP contribution is 2.26. The molecule has 4 nitrogen and oxygen atoms in total. The fourth-order valence-electron chi connectivity index (χ4n) is 1.95. The van der Waals surface area contributed by atoms with Gasteiger partial charge in [-0.3, -0.25) is 4.79 Å². The first-order valence-electron chi connectivity index (χ1n) is 6.83. The predicted octanol–water partition coefficient (Wildman–Crippen LogP) is 3.74. The monoisotopic (exact) mass is 317 g/mol. The van der Waals surface area contributed by atoms with Crippen LogP contribution in [0.15, 0.2) is 47.4 Å². The molecule has 0 heterocycles. The predicted molar refractivity (Wildman–Crippen MR) is 90.1 cm³/mol. The molecule has 0 saturated heterocycles. The van der Waals surface area contributed by atoms with Crippen molar-refractivity contribution in [2.75, 3.05) is 25.3 Å². The number of ether oxygens (including phenoxy) is 2. The van der Waals surface area contributed by atoms with Crippen LogP contribution in [-0.4, -0.2) is 25.9 Å². The van der Waals surface area contributed by atoms with Crippen molar-refractivity contribution in [3.63, 3.8) is 0 Å². The van der Waals surface area contributed by atoms with Crippen LogP contribution in [-0.2, 0) is 4.79 Å². The molecule has 0 aliphatic heterocycles. The Balaban J connectivity index is 1.97. The fourth-order valence-corrected chi connectivity index (χ4v) is 2.69. The topological polar surface area (TPSA) is 47.6 Å². The molecule has 2 aromatic carbocycles. The lowest BCUT2D eigenvalue weighted by molar-refractivity contribution is -0.113. The molecule has 2 aromatic rings. The Morgan fingerprint density at radius 3 is 2.68 bits per heavy atom. The van der Waals surface area contributed by atoms with E-state index in [2.05, 4.69) is 5.32 Å². The van der Waals surface area contributed by atoms with Gasteiger partial charge in [0.05, 0.1) is 25.7 Å². The van der Waals surface area contributed by atoms with E-state index in [0.717, 1.165) is 16.2 Å². The highest BCUT2D eigenvalue weighted by molar-refractivity contribution is 8.00. The number of nitrogens with one attached hydrogen (secondary N) is 1. The highest BCUT2D eigenvalue weighted by atomic mass is 32.2. The van der Waals surface area contributed by atoms with Crippen LogP contribution < -0.4 is 14.8 Å². The van der Waals surface area contributed by atoms with E-state index < -0.39 is 0 Å². The van der Waals surface area contributed by atoms with Gasteiger partial charge in [-0.15, -0.1) is 11.8 Å². The lowest BCUT2D eigenvalue weighted by atomic mass is 10.2. The third-order valence-corrected chi connectivity index (χ3v) is 4.03. The Morgan fingerprint density at radius 2 is 1.95 bits per heavy atom. The lowest BCUT2D eigenvalue weighted by Crippen LogP contribution is -2.14. The minimum absolute atomic E-state index is 0.0725. The zero-order chi connectivity index (χ0) is 15.9. The average molecular weight is 317 g/mol. The maximum absolute atomic E-state index is 12.1. The molecule has 0 spiro atoms. The molecule has 1 N–H and O–H groups in total. The molecule has 0 atom stereocenters. The molecule has 0 radical (unpaired) electrons. The Morgan fingerprint density at radius 1 is 1.14 bits per heavy atom. The van der Waals surface area contributed by atoms with E-state index in [-0.39, 0.29) is 5.91 Å². The maximum atomic E-state index is 12.1.